The highest BCUT2D eigenvalue weighted by Gasteiger charge is 2.24. The minimum Gasteiger partial charge on any atom is -0.443 e. The van der Waals surface area contributed by atoms with Crippen molar-refractivity contribution < 1.29 is 14.6 Å². The number of nitrogens with zero attached hydrogens (tertiary/aromatic N) is 1. The molecule has 0 saturated carbocycles. The SMILES string of the molecule is CCCCCCCC(=O)OC(C(C)O)N(CC)CC. The predicted molar refractivity (Wildman–Crippen MR) is 77.9 cm³/mol. The van der Waals surface area contributed by atoms with Crippen molar-refractivity contribution in [2.24, 2.45) is 0 Å². The molecule has 0 bridgehead atoms. The Hall–Kier alpha value is -0.610. The first kappa shape index (κ1) is 18.4. The molecule has 0 heterocycles. The van der Waals surface area contributed by atoms with Gasteiger partial charge >= 0.3 is 5.97 Å². The van der Waals surface area contributed by atoms with Crippen molar-refractivity contribution in [1.29, 1.82) is 0 Å². The Morgan fingerprint density at radius 2 is 1.68 bits per heavy atom. The third-order valence-electron chi connectivity index (χ3n) is 3.32. The van der Waals surface area contributed by atoms with Gasteiger partial charge in [0.2, 0.25) is 0 Å². The van der Waals surface area contributed by atoms with E-state index in [0.29, 0.717) is 6.42 Å². The van der Waals surface area contributed by atoms with E-state index in [2.05, 4.69) is 6.92 Å². The first-order chi connectivity index (χ1) is 9.06. The van der Waals surface area contributed by atoms with Gasteiger partial charge in [-0.15, -0.1) is 0 Å². The average Bonchev–Trinajstić information content (AvgIpc) is 2.38. The fourth-order valence-corrected chi connectivity index (χ4v) is 2.13. The lowest BCUT2D eigenvalue weighted by Crippen LogP contribution is -2.45. The van der Waals surface area contributed by atoms with Crippen LogP contribution in [0.3, 0.4) is 0 Å². The van der Waals surface area contributed by atoms with E-state index in [1.165, 1.54) is 19.3 Å². The number of carbonyl (C=O) groups excluding carboxylic acids is 1. The molecule has 2 unspecified atom stereocenters. The Morgan fingerprint density at radius 3 is 2.16 bits per heavy atom. The lowest BCUT2D eigenvalue weighted by molar-refractivity contribution is -0.170. The third-order valence-corrected chi connectivity index (χ3v) is 3.32. The second kappa shape index (κ2) is 11.2. The van der Waals surface area contributed by atoms with Gasteiger partial charge in [0, 0.05) is 6.42 Å². The van der Waals surface area contributed by atoms with Crippen LogP contribution in [0.15, 0.2) is 0 Å². The number of rotatable bonds is 11. The Labute approximate surface area is 118 Å². The number of aliphatic hydroxyl groups excluding tert-OH is 1. The Balaban J connectivity index is 4.03. The maximum atomic E-state index is 11.8. The van der Waals surface area contributed by atoms with Gasteiger partial charge < -0.3 is 9.84 Å². The monoisotopic (exact) mass is 273 g/mol. The molecule has 0 aromatic heterocycles. The van der Waals surface area contributed by atoms with Gasteiger partial charge in [-0.05, 0) is 26.4 Å². The zero-order valence-electron chi connectivity index (χ0n) is 13.0. The van der Waals surface area contributed by atoms with Gasteiger partial charge in [-0.2, -0.15) is 0 Å². The Kier molecular flexibility index (Phi) is 10.9. The van der Waals surface area contributed by atoms with Crippen LogP contribution in [0.4, 0.5) is 0 Å². The fraction of sp³-hybridized carbons (Fsp3) is 0.933. The van der Waals surface area contributed by atoms with Gasteiger partial charge in [0.15, 0.2) is 6.23 Å². The number of esters is 1. The average molecular weight is 273 g/mol. The van der Waals surface area contributed by atoms with Gasteiger partial charge in [0.05, 0.1) is 0 Å². The molecule has 0 spiro atoms. The largest absolute Gasteiger partial charge is 0.443 e. The molecule has 0 fully saturated rings. The Morgan fingerprint density at radius 1 is 1.11 bits per heavy atom. The van der Waals surface area contributed by atoms with E-state index in [-0.39, 0.29) is 5.97 Å². The molecular weight excluding hydrogens is 242 g/mol. The summed E-state index contributed by atoms with van der Waals surface area (Å²) in [6.45, 7) is 9.35. The summed E-state index contributed by atoms with van der Waals surface area (Å²) in [4.78, 5) is 13.7. The number of ether oxygens (including phenoxy) is 1. The van der Waals surface area contributed by atoms with Crippen LogP contribution in [0.25, 0.3) is 0 Å². The van der Waals surface area contributed by atoms with E-state index in [9.17, 15) is 9.90 Å². The summed E-state index contributed by atoms with van der Waals surface area (Å²) in [6, 6.07) is 0. The highest BCUT2D eigenvalue weighted by molar-refractivity contribution is 5.69. The first-order valence-electron chi connectivity index (χ1n) is 7.68. The maximum absolute atomic E-state index is 11.8. The molecule has 2 atom stereocenters. The summed E-state index contributed by atoms with van der Waals surface area (Å²) < 4.78 is 5.40. The molecule has 0 aliphatic carbocycles. The molecular formula is C15H31NO3. The molecule has 0 saturated heterocycles. The second-order valence-corrected chi connectivity index (χ2v) is 5.01. The maximum Gasteiger partial charge on any atom is 0.307 e. The van der Waals surface area contributed by atoms with Gasteiger partial charge in [-0.25, -0.2) is 0 Å². The van der Waals surface area contributed by atoms with Crippen LogP contribution in [-0.2, 0) is 9.53 Å². The quantitative estimate of drug-likeness (QED) is 0.357. The van der Waals surface area contributed by atoms with Gasteiger partial charge in [0.25, 0.3) is 0 Å². The number of carbonyl (C=O) groups is 1. The van der Waals surface area contributed by atoms with E-state index in [1.54, 1.807) is 6.92 Å². The molecule has 4 heteroatoms. The Bertz CT molecular complexity index is 227. The van der Waals surface area contributed by atoms with Gasteiger partial charge in [-0.1, -0.05) is 46.5 Å². The molecule has 0 rings (SSSR count). The van der Waals surface area contributed by atoms with Crippen LogP contribution in [0, 0.1) is 0 Å². The summed E-state index contributed by atoms with van der Waals surface area (Å²) in [5.41, 5.74) is 0. The van der Waals surface area contributed by atoms with Crippen LogP contribution in [-0.4, -0.2) is 41.4 Å². The van der Waals surface area contributed by atoms with E-state index < -0.39 is 12.3 Å². The number of hydrogen-bond acceptors (Lipinski definition) is 4. The molecule has 0 aromatic carbocycles. The van der Waals surface area contributed by atoms with E-state index in [1.807, 2.05) is 18.7 Å². The summed E-state index contributed by atoms with van der Waals surface area (Å²) >= 11 is 0. The third kappa shape index (κ3) is 8.22. The number of likely N-dealkylation sites (N-methyl/N-ethyl adjacent to an activating group) is 1. The molecule has 0 amide bonds. The van der Waals surface area contributed by atoms with Crippen LogP contribution in [0.1, 0.15) is 66.2 Å². The minimum absolute atomic E-state index is 0.200. The lowest BCUT2D eigenvalue weighted by atomic mass is 10.1. The van der Waals surface area contributed by atoms with Crippen molar-refractivity contribution in [3.63, 3.8) is 0 Å². The van der Waals surface area contributed by atoms with Crippen molar-refractivity contribution in [3.8, 4) is 0 Å². The second-order valence-electron chi connectivity index (χ2n) is 5.01. The molecule has 0 aliphatic rings. The topological polar surface area (TPSA) is 49.8 Å². The van der Waals surface area contributed by atoms with E-state index >= 15 is 0 Å². The van der Waals surface area contributed by atoms with Crippen molar-refractivity contribution in [1.82, 2.24) is 4.90 Å². The highest BCUT2D eigenvalue weighted by Crippen LogP contribution is 2.11. The normalized spacial score (nSPS) is 14.4. The van der Waals surface area contributed by atoms with Crippen molar-refractivity contribution >= 4 is 5.97 Å². The summed E-state index contributed by atoms with van der Waals surface area (Å²) in [5, 5.41) is 9.72. The zero-order chi connectivity index (χ0) is 14.7. The molecule has 1 N–H and O–H groups in total. The van der Waals surface area contributed by atoms with Gasteiger partial charge in [0.1, 0.15) is 6.10 Å². The lowest BCUT2D eigenvalue weighted by Gasteiger charge is -2.31. The highest BCUT2D eigenvalue weighted by atomic mass is 16.6. The summed E-state index contributed by atoms with van der Waals surface area (Å²) in [5.74, 6) is -0.200. The molecule has 4 nitrogen and oxygen atoms in total. The first-order valence-corrected chi connectivity index (χ1v) is 7.68. The molecule has 0 radical (unpaired) electrons. The molecule has 0 aromatic rings. The molecule has 19 heavy (non-hydrogen) atoms. The van der Waals surface area contributed by atoms with Crippen LogP contribution in [0.5, 0.6) is 0 Å². The number of unbranched alkanes of at least 4 members (excludes halogenated alkanes) is 4. The standard InChI is InChI=1S/C15H31NO3/c1-5-8-9-10-11-12-14(18)19-15(13(4)17)16(6-2)7-3/h13,15,17H,5-12H2,1-4H3. The van der Waals surface area contributed by atoms with Crippen LogP contribution >= 0.6 is 0 Å². The fourth-order valence-electron chi connectivity index (χ4n) is 2.13. The smallest absolute Gasteiger partial charge is 0.307 e. The van der Waals surface area contributed by atoms with E-state index in [4.69, 9.17) is 4.74 Å². The van der Waals surface area contributed by atoms with Crippen LogP contribution in [0.2, 0.25) is 0 Å². The number of hydrogen-bond donors (Lipinski definition) is 1. The summed E-state index contributed by atoms with van der Waals surface area (Å²) in [6.07, 6.45) is 4.84. The van der Waals surface area contributed by atoms with Gasteiger partial charge in [-0.3, -0.25) is 9.69 Å². The van der Waals surface area contributed by atoms with Crippen LogP contribution < -0.4 is 0 Å². The zero-order valence-corrected chi connectivity index (χ0v) is 13.0. The predicted octanol–water partition coefficient (Wildman–Crippen LogP) is 2.94. The van der Waals surface area contributed by atoms with Crippen molar-refractivity contribution in [2.45, 2.75) is 78.6 Å². The molecule has 0 aliphatic heterocycles. The van der Waals surface area contributed by atoms with E-state index in [0.717, 1.165) is 25.9 Å². The minimum atomic E-state index is -0.663. The number of aliphatic hydroxyl groups is 1. The van der Waals surface area contributed by atoms with Crippen molar-refractivity contribution in [3.05, 3.63) is 0 Å². The molecule has 114 valence electrons. The van der Waals surface area contributed by atoms with Crippen molar-refractivity contribution in [2.75, 3.05) is 13.1 Å². The summed E-state index contributed by atoms with van der Waals surface area (Å²) in [7, 11) is 0.